The Bertz CT molecular complexity index is 1080. The molecule has 2 heterocycles. The molecule has 0 unspecified atom stereocenters. The zero-order valence-electron chi connectivity index (χ0n) is 15.4. The Kier molecular flexibility index (Phi) is 6.07. The highest BCUT2D eigenvalue weighted by Crippen LogP contribution is 2.25. The van der Waals surface area contributed by atoms with Crippen LogP contribution >= 0.6 is 23.2 Å². The fourth-order valence-electron chi connectivity index (χ4n) is 3.18. The maximum absolute atomic E-state index is 12.8. The topological polar surface area (TPSA) is 61.8 Å². The van der Waals surface area contributed by atoms with E-state index in [2.05, 4.69) is 11.9 Å². The average molecular weight is 409 g/mol. The molecule has 0 spiro atoms. The fourth-order valence-corrected chi connectivity index (χ4v) is 3.67. The average Bonchev–Trinajstić information content (AvgIpc) is 3.05. The van der Waals surface area contributed by atoms with Crippen molar-refractivity contribution in [3.05, 3.63) is 55.4 Å². The largest absolute Gasteiger partial charge is 0.337 e. The first-order valence-electron chi connectivity index (χ1n) is 9.08. The van der Waals surface area contributed by atoms with Crippen LogP contribution in [-0.4, -0.2) is 18.7 Å². The fraction of sp³-hybridized carbons (Fsp3) is 0.421. The van der Waals surface area contributed by atoms with E-state index in [4.69, 9.17) is 23.2 Å². The van der Waals surface area contributed by atoms with E-state index < -0.39 is 5.69 Å². The van der Waals surface area contributed by atoms with Crippen LogP contribution in [0.25, 0.3) is 16.9 Å². The highest BCUT2D eigenvalue weighted by molar-refractivity contribution is 6.35. The minimum atomic E-state index is -0.495. The minimum absolute atomic E-state index is 0.306. The van der Waals surface area contributed by atoms with Crippen molar-refractivity contribution in [1.29, 1.82) is 0 Å². The van der Waals surface area contributed by atoms with Gasteiger partial charge in [0.2, 0.25) is 0 Å². The number of nitrogens with zero attached hydrogens (tertiary/aromatic N) is 4. The van der Waals surface area contributed by atoms with Crippen molar-refractivity contribution in [2.45, 2.75) is 45.6 Å². The molecule has 1 aromatic carbocycles. The molecule has 0 atom stereocenters. The van der Waals surface area contributed by atoms with E-state index in [0.29, 0.717) is 33.4 Å². The monoisotopic (exact) mass is 408 g/mol. The summed E-state index contributed by atoms with van der Waals surface area (Å²) >= 11 is 12.3. The maximum atomic E-state index is 12.8. The number of aryl methyl sites for hydroxylation is 1. The van der Waals surface area contributed by atoms with Gasteiger partial charge in [-0.05, 0) is 24.6 Å². The molecule has 27 heavy (non-hydrogen) atoms. The van der Waals surface area contributed by atoms with Gasteiger partial charge in [-0.25, -0.2) is 14.3 Å². The van der Waals surface area contributed by atoms with Gasteiger partial charge >= 0.3 is 5.69 Å². The summed E-state index contributed by atoms with van der Waals surface area (Å²) in [6.07, 6.45) is 7.23. The van der Waals surface area contributed by atoms with Gasteiger partial charge in [-0.15, -0.1) is 0 Å². The van der Waals surface area contributed by atoms with Crippen LogP contribution in [0.15, 0.2) is 34.1 Å². The third-order valence-electron chi connectivity index (χ3n) is 4.67. The van der Waals surface area contributed by atoms with Gasteiger partial charge in [0.25, 0.3) is 5.56 Å². The molecular formula is C19H22Cl2N4O2. The van der Waals surface area contributed by atoms with Gasteiger partial charge in [0, 0.05) is 18.6 Å². The number of benzene rings is 1. The Balaban J connectivity index is 2.10. The van der Waals surface area contributed by atoms with Crippen LogP contribution in [0.2, 0.25) is 10.0 Å². The number of hydrogen-bond donors (Lipinski definition) is 0. The van der Waals surface area contributed by atoms with Crippen LogP contribution < -0.4 is 11.2 Å². The molecule has 0 aliphatic heterocycles. The number of aromatic nitrogens is 4. The summed E-state index contributed by atoms with van der Waals surface area (Å²) in [4.78, 5) is 29.8. The Morgan fingerprint density at radius 1 is 1.07 bits per heavy atom. The summed E-state index contributed by atoms with van der Waals surface area (Å²) < 4.78 is 4.27. The smallest absolute Gasteiger partial charge is 0.325 e. The first-order valence-corrected chi connectivity index (χ1v) is 9.83. The lowest BCUT2D eigenvalue weighted by molar-refractivity contribution is 0.573. The second-order valence-corrected chi connectivity index (χ2v) is 7.45. The Labute approximate surface area is 167 Å². The third kappa shape index (κ3) is 3.82. The Hall–Kier alpha value is -2.05. The first kappa shape index (κ1) is 19.7. The molecule has 3 rings (SSSR count). The molecule has 0 N–H and O–H groups in total. The lowest BCUT2D eigenvalue weighted by Gasteiger charge is -2.12. The van der Waals surface area contributed by atoms with Crippen molar-refractivity contribution in [1.82, 2.24) is 18.7 Å². The first-order chi connectivity index (χ1) is 13.0. The zero-order chi connectivity index (χ0) is 19.6. The predicted octanol–water partition coefficient (Wildman–Crippen LogP) is 4.16. The second kappa shape index (κ2) is 8.31. The van der Waals surface area contributed by atoms with E-state index in [1.54, 1.807) is 24.5 Å². The van der Waals surface area contributed by atoms with Crippen LogP contribution in [-0.2, 0) is 13.6 Å². The molecule has 2 aromatic heterocycles. The molecular weight excluding hydrogens is 387 g/mol. The van der Waals surface area contributed by atoms with Gasteiger partial charge in [-0.2, -0.15) is 0 Å². The number of halogens is 2. The van der Waals surface area contributed by atoms with Crippen LogP contribution in [0.3, 0.4) is 0 Å². The Morgan fingerprint density at radius 2 is 1.81 bits per heavy atom. The van der Waals surface area contributed by atoms with Gasteiger partial charge in [0.15, 0.2) is 11.2 Å². The zero-order valence-corrected chi connectivity index (χ0v) is 16.9. The van der Waals surface area contributed by atoms with Crippen molar-refractivity contribution in [3.63, 3.8) is 0 Å². The summed E-state index contributed by atoms with van der Waals surface area (Å²) in [5, 5.41) is 0.786. The molecule has 8 heteroatoms. The van der Waals surface area contributed by atoms with E-state index in [-0.39, 0.29) is 5.56 Å². The highest BCUT2D eigenvalue weighted by Gasteiger charge is 2.19. The molecule has 0 saturated carbocycles. The van der Waals surface area contributed by atoms with Crippen molar-refractivity contribution in [3.8, 4) is 5.69 Å². The molecule has 0 radical (unpaired) electrons. The predicted molar refractivity (Wildman–Crippen MR) is 109 cm³/mol. The molecule has 0 bridgehead atoms. The Morgan fingerprint density at radius 3 is 2.52 bits per heavy atom. The van der Waals surface area contributed by atoms with Gasteiger partial charge < -0.3 is 4.57 Å². The lowest BCUT2D eigenvalue weighted by Crippen LogP contribution is -2.38. The molecule has 0 saturated heterocycles. The summed E-state index contributed by atoms with van der Waals surface area (Å²) in [6.45, 7) is 2.86. The lowest BCUT2D eigenvalue weighted by atomic mass is 10.1. The quantitative estimate of drug-likeness (QED) is 0.551. The van der Waals surface area contributed by atoms with Crippen LogP contribution in [0, 0.1) is 0 Å². The summed E-state index contributed by atoms with van der Waals surface area (Å²) in [6, 6.07) is 4.86. The van der Waals surface area contributed by atoms with Crippen molar-refractivity contribution >= 4 is 34.4 Å². The maximum Gasteiger partial charge on any atom is 0.337 e. The van der Waals surface area contributed by atoms with E-state index >= 15 is 0 Å². The van der Waals surface area contributed by atoms with Crippen LogP contribution in [0.5, 0.6) is 0 Å². The molecule has 3 aromatic rings. The third-order valence-corrected chi connectivity index (χ3v) is 5.21. The standard InChI is InChI=1S/C19H22Cl2N4O2/c1-3-4-5-6-7-10-24-12-22-17-16(24)18(26)23(2)19(27)25(17)15-9-8-13(20)11-14(15)21/h8-9,11-12H,3-7,10H2,1-2H3. The molecule has 0 amide bonds. The summed E-state index contributed by atoms with van der Waals surface area (Å²) in [5.41, 5.74) is 0.298. The summed E-state index contributed by atoms with van der Waals surface area (Å²) in [5.74, 6) is 0. The van der Waals surface area contributed by atoms with E-state index in [9.17, 15) is 9.59 Å². The SMILES string of the molecule is CCCCCCCn1cnc2c1c(=O)n(C)c(=O)n2-c1ccc(Cl)cc1Cl. The second-order valence-electron chi connectivity index (χ2n) is 6.60. The number of unbranched alkanes of at least 4 members (excludes halogenated alkanes) is 4. The van der Waals surface area contributed by atoms with Gasteiger partial charge in [-0.1, -0.05) is 55.8 Å². The van der Waals surface area contributed by atoms with Crippen molar-refractivity contribution < 1.29 is 0 Å². The number of rotatable bonds is 7. The number of imidazole rings is 1. The molecule has 0 fully saturated rings. The van der Waals surface area contributed by atoms with Crippen molar-refractivity contribution in [2.75, 3.05) is 0 Å². The molecule has 144 valence electrons. The van der Waals surface area contributed by atoms with E-state index in [0.717, 1.165) is 17.4 Å². The molecule has 0 aliphatic carbocycles. The highest BCUT2D eigenvalue weighted by atomic mass is 35.5. The normalized spacial score (nSPS) is 11.4. The van der Waals surface area contributed by atoms with Crippen LogP contribution in [0.4, 0.5) is 0 Å². The molecule has 6 nitrogen and oxygen atoms in total. The van der Waals surface area contributed by atoms with Crippen molar-refractivity contribution in [2.24, 2.45) is 7.05 Å². The number of hydrogen-bond acceptors (Lipinski definition) is 3. The van der Waals surface area contributed by atoms with E-state index in [1.807, 2.05) is 4.57 Å². The number of fused-ring (bicyclic) bond motifs is 1. The van der Waals surface area contributed by atoms with Crippen LogP contribution in [0.1, 0.15) is 39.0 Å². The van der Waals surface area contributed by atoms with Gasteiger partial charge in [-0.3, -0.25) is 9.36 Å². The van der Waals surface area contributed by atoms with Gasteiger partial charge in [0.1, 0.15) is 0 Å². The van der Waals surface area contributed by atoms with Gasteiger partial charge in [0.05, 0.1) is 17.0 Å². The minimum Gasteiger partial charge on any atom is -0.325 e. The summed E-state index contributed by atoms with van der Waals surface area (Å²) in [7, 11) is 1.46. The molecule has 0 aliphatic rings. The van der Waals surface area contributed by atoms with E-state index in [1.165, 1.54) is 30.9 Å².